The third-order valence-corrected chi connectivity index (χ3v) is 7.19. The average Bonchev–Trinajstić information content (AvgIpc) is 2.98. The zero-order valence-corrected chi connectivity index (χ0v) is 14.7. The molecule has 0 spiro atoms. The molecule has 2 fully saturated rings. The van der Waals surface area contributed by atoms with E-state index in [9.17, 15) is 13.2 Å². The SMILES string of the molecule is COc1ccc(N2C(=NC(=O)CCl)S[C@H]3CS(=O)(=O)C[C@H]32)cc1. The summed E-state index contributed by atoms with van der Waals surface area (Å²) in [5.74, 6) is 0.226. The quantitative estimate of drug-likeness (QED) is 0.747. The Labute approximate surface area is 143 Å². The van der Waals surface area contributed by atoms with Crippen LogP contribution < -0.4 is 9.64 Å². The lowest BCUT2D eigenvalue weighted by molar-refractivity contribution is -0.115. The van der Waals surface area contributed by atoms with Gasteiger partial charge in [0.05, 0.1) is 24.7 Å². The number of nitrogens with zero attached hydrogens (tertiary/aromatic N) is 2. The number of amidine groups is 1. The van der Waals surface area contributed by atoms with Crippen molar-refractivity contribution in [2.45, 2.75) is 11.3 Å². The number of thioether (sulfide) groups is 1. The molecule has 2 saturated heterocycles. The van der Waals surface area contributed by atoms with Gasteiger partial charge in [0.25, 0.3) is 5.91 Å². The van der Waals surface area contributed by atoms with Crippen molar-refractivity contribution in [3.8, 4) is 5.75 Å². The zero-order valence-electron chi connectivity index (χ0n) is 12.3. The fourth-order valence-corrected chi connectivity index (χ4v) is 6.74. The second kappa shape index (κ2) is 6.33. The lowest BCUT2D eigenvalue weighted by Gasteiger charge is -2.24. The van der Waals surface area contributed by atoms with Gasteiger partial charge in [-0.25, -0.2) is 8.42 Å². The molecule has 2 aliphatic rings. The highest BCUT2D eigenvalue weighted by atomic mass is 35.5. The van der Waals surface area contributed by atoms with Crippen LogP contribution in [0.15, 0.2) is 29.3 Å². The highest BCUT2D eigenvalue weighted by Crippen LogP contribution is 2.41. The Balaban J connectivity index is 1.99. The van der Waals surface area contributed by atoms with Crippen molar-refractivity contribution in [1.29, 1.82) is 0 Å². The van der Waals surface area contributed by atoms with Crippen LogP contribution in [0.5, 0.6) is 5.75 Å². The van der Waals surface area contributed by atoms with Gasteiger partial charge in [-0.3, -0.25) is 4.79 Å². The summed E-state index contributed by atoms with van der Waals surface area (Å²) in [5, 5.41) is 0.384. The van der Waals surface area contributed by atoms with E-state index in [0.29, 0.717) is 10.9 Å². The lowest BCUT2D eigenvalue weighted by atomic mass is 10.2. The molecule has 1 aromatic carbocycles. The van der Waals surface area contributed by atoms with E-state index in [1.165, 1.54) is 11.8 Å². The van der Waals surface area contributed by atoms with Gasteiger partial charge < -0.3 is 9.64 Å². The maximum absolute atomic E-state index is 11.9. The Morgan fingerprint density at radius 1 is 1.39 bits per heavy atom. The molecule has 1 amide bonds. The van der Waals surface area contributed by atoms with Crippen molar-refractivity contribution < 1.29 is 17.9 Å². The van der Waals surface area contributed by atoms with Gasteiger partial charge >= 0.3 is 0 Å². The Bertz CT molecular complexity index is 749. The predicted octanol–water partition coefficient (Wildman–Crippen LogP) is 1.54. The Hall–Kier alpha value is -1.25. The molecule has 0 radical (unpaired) electrons. The number of carbonyl (C=O) groups excluding carboxylic acids is 1. The second-order valence-electron chi connectivity index (χ2n) is 5.29. The van der Waals surface area contributed by atoms with Crippen molar-refractivity contribution in [3.63, 3.8) is 0 Å². The summed E-state index contributed by atoms with van der Waals surface area (Å²) < 4.78 is 29.0. The molecule has 1 aromatic rings. The lowest BCUT2D eigenvalue weighted by Crippen LogP contribution is -2.37. The maximum atomic E-state index is 11.9. The van der Waals surface area contributed by atoms with Crippen LogP contribution in [0.4, 0.5) is 5.69 Å². The van der Waals surface area contributed by atoms with Gasteiger partial charge in [0.1, 0.15) is 11.6 Å². The van der Waals surface area contributed by atoms with E-state index in [1.54, 1.807) is 19.2 Å². The number of anilines is 1. The summed E-state index contributed by atoms with van der Waals surface area (Å²) in [6.07, 6.45) is 0. The number of carbonyl (C=O) groups is 1. The number of aliphatic imine (C=N–C) groups is 1. The van der Waals surface area contributed by atoms with Crippen LogP contribution in [-0.2, 0) is 14.6 Å². The Morgan fingerprint density at radius 2 is 2.09 bits per heavy atom. The summed E-state index contributed by atoms with van der Waals surface area (Å²) in [6, 6.07) is 7.01. The molecule has 0 N–H and O–H groups in total. The molecule has 0 aromatic heterocycles. The number of rotatable bonds is 3. The van der Waals surface area contributed by atoms with Gasteiger partial charge in [-0.2, -0.15) is 4.99 Å². The van der Waals surface area contributed by atoms with E-state index < -0.39 is 15.7 Å². The number of hydrogen-bond acceptors (Lipinski definition) is 5. The van der Waals surface area contributed by atoms with Gasteiger partial charge in [-0.05, 0) is 24.3 Å². The van der Waals surface area contributed by atoms with Crippen LogP contribution in [0.2, 0.25) is 0 Å². The molecule has 124 valence electrons. The minimum absolute atomic E-state index is 0.0603. The Morgan fingerprint density at radius 3 is 2.70 bits per heavy atom. The zero-order chi connectivity index (χ0) is 16.6. The summed E-state index contributed by atoms with van der Waals surface area (Å²) in [4.78, 5) is 17.5. The molecule has 0 saturated carbocycles. The van der Waals surface area contributed by atoms with Crippen LogP contribution in [0.25, 0.3) is 0 Å². The van der Waals surface area contributed by atoms with E-state index in [4.69, 9.17) is 16.3 Å². The van der Waals surface area contributed by atoms with Crippen molar-refractivity contribution in [2.75, 3.05) is 29.4 Å². The van der Waals surface area contributed by atoms with Gasteiger partial charge in [0.15, 0.2) is 15.0 Å². The summed E-state index contributed by atoms with van der Waals surface area (Å²) in [6.45, 7) is 0. The predicted molar refractivity (Wildman–Crippen MR) is 92.5 cm³/mol. The van der Waals surface area contributed by atoms with Gasteiger partial charge in [-0.15, -0.1) is 11.6 Å². The van der Waals surface area contributed by atoms with Crippen LogP contribution >= 0.6 is 23.4 Å². The standard InChI is InChI=1S/C14H15ClN2O4S2/c1-21-10-4-2-9(3-5-10)17-11-7-23(19,20)8-12(11)22-14(17)16-13(18)6-15/h2-5,11-12H,6-8H2,1H3/t11-,12+/m1/s1. The first-order valence-electron chi connectivity index (χ1n) is 6.91. The van der Waals surface area contributed by atoms with E-state index in [0.717, 1.165) is 5.69 Å². The molecule has 0 unspecified atom stereocenters. The summed E-state index contributed by atoms with van der Waals surface area (Å²) >= 11 is 6.86. The first kappa shape index (κ1) is 16.6. The fourth-order valence-electron chi connectivity index (χ4n) is 2.75. The topological polar surface area (TPSA) is 76.0 Å². The molecule has 0 bridgehead atoms. The molecule has 3 rings (SSSR count). The number of halogens is 1. The summed E-state index contributed by atoms with van der Waals surface area (Å²) in [5.41, 5.74) is 0.782. The van der Waals surface area contributed by atoms with Crippen LogP contribution in [0.3, 0.4) is 0 Å². The first-order valence-corrected chi connectivity index (χ1v) is 10.1. The Kier molecular flexibility index (Phi) is 4.57. The maximum Gasteiger partial charge on any atom is 0.262 e. The van der Waals surface area contributed by atoms with Gasteiger partial charge in [-0.1, -0.05) is 11.8 Å². The molecular weight excluding hydrogens is 360 g/mol. The smallest absolute Gasteiger partial charge is 0.262 e. The van der Waals surface area contributed by atoms with Crippen molar-refractivity contribution in [3.05, 3.63) is 24.3 Å². The number of sulfone groups is 1. The highest BCUT2D eigenvalue weighted by molar-refractivity contribution is 8.16. The van der Waals surface area contributed by atoms with Gasteiger partial charge in [0.2, 0.25) is 0 Å². The van der Waals surface area contributed by atoms with E-state index >= 15 is 0 Å². The number of fused-ring (bicyclic) bond motifs is 1. The second-order valence-corrected chi connectivity index (χ2v) is 8.92. The van der Waals surface area contributed by atoms with E-state index in [2.05, 4.69) is 4.99 Å². The molecule has 6 nitrogen and oxygen atoms in total. The number of ether oxygens (including phenoxy) is 1. The fraction of sp³-hybridized carbons (Fsp3) is 0.429. The molecule has 2 heterocycles. The van der Waals surface area contributed by atoms with Crippen molar-refractivity contribution >= 4 is 50.0 Å². The normalized spacial score (nSPS) is 27.2. The molecule has 2 aliphatic heterocycles. The monoisotopic (exact) mass is 374 g/mol. The largest absolute Gasteiger partial charge is 0.497 e. The molecular formula is C14H15ClN2O4S2. The third kappa shape index (κ3) is 3.34. The van der Waals surface area contributed by atoms with Crippen molar-refractivity contribution in [1.82, 2.24) is 0 Å². The average molecular weight is 375 g/mol. The minimum Gasteiger partial charge on any atom is -0.497 e. The molecule has 9 heteroatoms. The first-order chi connectivity index (χ1) is 10.9. The third-order valence-electron chi connectivity index (χ3n) is 3.75. The minimum atomic E-state index is -3.07. The molecule has 0 aliphatic carbocycles. The number of hydrogen-bond donors (Lipinski definition) is 0. The van der Waals surface area contributed by atoms with Crippen LogP contribution in [0.1, 0.15) is 0 Å². The van der Waals surface area contributed by atoms with E-state index in [-0.39, 0.29) is 28.7 Å². The number of alkyl halides is 1. The number of amides is 1. The molecule has 23 heavy (non-hydrogen) atoms. The van der Waals surface area contributed by atoms with Crippen LogP contribution in [-0.4, -0.2) is 55.3 Å². The highest BCUT2D eigenvalue weighted by Gasteiger charge is 2.49. The summed E-state index contributed by atoms with van der Waals surface area (Å²) in [7, 11) is -1.49. The van der Waals surface area contributed by atoms with Crippen LogP contribution in [0, 0.1) is 0 Å². The van der Waals surface area contributed by atoms with Gasteiger partial charge in [0, 0.05) is 10.9 Å². The molecule has 2 atom stereocenters. The number of benzene rings is 1. The van der Waals surface area contributed by atoms with E-state index in [1.807, 2.05) is 17.0 Å². The van der Waals surface area contributed by atoms with Crippen molar-refractivity contribution in [2.24, 2.45) is 4.99 Å². The number of methoxy groups -OCH3 is 1.